The summed E-state index contributed by atoms with van der Waals surface area (Å²) >= 11 is 10.6. The van der Waals surface area contributed by atoms with Crippen molar-refractivity contribution in [1.29, 1.82) is 0 Å². The number of carbonyl (C=O) groups is 3. The van der Waals surface area contributed by atoms with Crippen LogP contribution in [0.3, 0.4) is 0 Å². The number of fused-ring (bicyclic) bond motifs is 2. The van der Waals surface area contributed by atoms with E-state index in [9.17, 15) is 14.4 Å². The number of rotatable bonds is 31. The van der Waals surface area contributed by atoms with E-state index in [1.165, 1.54) is 127 Å². The fourth-order valence-corrected chi connectivity index (χ4v) is 12.7. The Labute approximate surface area is 359 Å². The highest BCUT2D eigenvalue weighted by Crippen LogP contribution is 2.52. The molecule has 2 aromatic heterocycles. The molecule has 0 saturated heterocycles. The third-order valence-electron chi connectivity index (χ3n) is 12.1. The van der Waals surface area contributed by atoms with Crippen LogP contribution < -0.4 is 0 Å². The van der Waals surface area contributed by atoms with Gasteiger partial charge in [-0.3, -0.25) is 19.3 Å². The molecule has 0 bridgehead atoms. The molecule has 0 spiro atoms. The van der Waals surface area contributed by atoms with E-state index in [0.717, 1.165) is 92.7 Å². The predicted molar refractivity (Wildman–Crippen MR) is 243 cm³/mol. The van der Waals surface area contributed by atoms with E-state index in [-0.39, 0.29) is 29.8 Å². The third-order valence-corrected chi connectivity index (χ3v) is 16.0. The van der Waals surface area contributed by atoms with Crippen LogP contribution in [0.1, 0.15) is 244 Å². The average Bonchev–Trinajstić information content (AvgIpc) is 3.88. The normalized spacial score (nSPS) is 14.1. The van der Waals surface area contributed by atoms with Crippen molar-refractivity contribution in [2.75, 3.05) is 0 Å². The van der Waals surface area contributed by atoms with E-state index >= 15 is 0 Å². The molecule has 0 saturated carbocycles. The molecular formula is C46H72Br2N2O3S2. The summed E-state index contributed by atoms with van der Waals surface area (Å²) in [5.41, 5.74) is 2.89. The van der Waals surface area contributed by atoms with E-state index in [2.05, 4.69) is 64.5 Å². The highest BCUT2D eigenvalue weighted by atomic mass is 79.9. The quantitative estimate of drug-likeness (QED) is 0.0559. The topological polar surface area (TPSA) is 57.7 Å². The molecule has 310 valence electrons. The molecule has 5 nitrogen and oxygen atoms in total. The molecule has 9 heteroatoms. The van der Waals surface area contributed by atoms with Crippen molar-refractivity contribution in [3.63, 3.8) is 0 Å². The Kier molecular flexibility index (Phi) is 21.6. The molecule has 0 unspecified atom stereocenters. The summed E-state index contributed by atoms with van der Waals surface area (Å²) in [5, 5.41) is 0. The number of carbonyl (C=O) groups excluding carboxylic acids is 3. The van der Waals surface area contributed by atoms with Crippen LogP contribution in [0.5, 0.6) is 0 Å². The van der Waals surface area contributed by atoms with Gasteiger partial charge in [0.15, 0.2) is 0 Å². The minimum atomic E-state index is -0.140. The number of hydrogen-bond donors (Lipinski definition) is 0. The second kappa shape index (κ2) is 25.5. The van der Waals surface area contributed by atoms with Crippen LogP contribution in [-0.2, 0) is 6.54 Å². The Morgan fingerprint density at radius 2 is 0.818 bits per heavy atom. The molecule has 4 heterocycles. The maximum absolute atomic E-state index is 14.6. The van der Waals surface area contributed by atoms with Gasteiger partial charge in [0.25, 0.3) is 17.7 Å². The molecule has 0 aliphatic carbocycles. The largest absolute Gasteiger partial charge is 0.331 e. The summed E-state index contributed by atoms with van der Waals surface area (Å²) < 4.78 is 1.58. The first kappa shape index (κ1) is 46.7. The van der Waals surface area contributed by atoms with E-state index < -0.39 is 0 Å². The van der Waals surface area contributed by atoms with Gasteiger partial charge in [-0.2, -0.15) is 0 Å². The van der Waals surface area contributed by atoms with Gasteiger partial charge in [-0.25, -0.2) is 0 Å². The summed E-state index contributed by atoms with van der Waals surface area (Å²) in [7, 11) is 0. The van der Waals surface area contributed by atoms with Crippen molar-refractivity contribution in [3.05, 3.63) is 29.8 Å². The first-order valence-corrected chi connectivity index (χ1v) is 25.8. The fraction of sp³-hybridized carbons (Fsp3) is 0.761. The first-order chi connectivity index (χ1) is 26.8. The van der Waals surface area contributed by atoms with Crippen molar-refractivity contribution in [2.45, 2.75) is 226 Å². The van der Waals surface area contributed by atoms with Crippen molar-refractivity contribution >= 4 is 72.3 Å². The molecule has 0 aromatic carbocycles. The van der Waals surface area contributed by atoms with Crippen LogP contribution in [0, 0.1) is 0 Å². The maximum Gasteiger partial charge on any atom is 0.263 e. The van der Waals surface area contributed by atoms with Crippen LogP contribution in [0.2, 0.25) is 0 Å². The number of hydrogen-bond acceptors (Lipinski definition) is 5. The van der Waals surface area contributed by atoms with Crippen molar-refractivity contribution < 1.29 is 14.4 Å². The van der Waals surface area contributed by atoms with Gasteiger partial charge in [-0.15, -0.1) is 22.7 Å². The summed E-state index contributed by atoms with van der Waals surface area (Å²) in [6, 6.07) is 0.156. The highest BCUT2D eigenvalue weighted by Gasteiger charge is 2.46. The SMILES string of the molecule is CCCCCCCCC(CCCCCCCC)N1Cc2c(-c3sc(Br)c4c3C(=O)N(C(CCCCCCCC)CCCCCCCC)C4=O)sc(Br)c2C1=O. The molecule has 2 aromatic rings. The molecule has 3 amide bonds. The van der Waals surface area contributed by atoms with Gasteiger partial charge in [-0.05, 0) is 57.5 Å². The Hall–Kier alpha value is -1.03. The van der Waals surface area contributed by atoms with Gasteiger partial charge in [0.2, 0.25) is 0 Å². The lowest BCUT2D eigenvalue weighted by Gasteiger charge is -2.28. The van der Waals surface area contributed by atoms with E-state index in [1.54, 1.807) is 16.2 Å². The number of halogens is 2. The monoisotopic (exact) mass is 922 g/mol. The second-order valence-electron chi connectivity index (χ2n) is 16.5. The third kappa shape index (κ3) is 13.0. The summed E-state index contributed by atoms with van der Waals surface area (Å²) in [6.45, 7) is 9.59. The van der Waals surface area contributed by atoms with Gasteiger partial charge < -0.3 is 4.90 Å². The number of imide groups is 1. The van der Waals surface area contributed by atoms with E-state index in [1.807, 2.05) is 0 Å². The van der Waals surface area contributed by atoms with Gasteiger partial charge in [-0.1, -0.05) is 182 Å². The first-order valence-electron chi connectivity index (χ1n) is 22.6. The highest BCUT2D eigenvalue weighted by molar-refractivity contribution is 9.11. The minimum Gasteiger partial charge on any atom is -0.331 e. The molecular weight excluding hydrogens is 852 g/mol. The lowest BCUT2D eigenvalue weighted by molar-refractivity contribution is 0.0561. The van der Waals surface area contributed by atoms with E-state index in [0.29, 0.717) is 17.7 Å². The van der Waals surface area contributed by atoms with Crippen LogP contribution in [-0.4, -0.2) is 39.6 Å². The standard InChI is InChI=1S/C46H72Br2N2O3S2/c1-5-9-13-17-21-25-29-34(30-26-22-18-14-10-6-2)49-33-36-37(44(49)51)42(47)54-40(36)41-38-39(43(48)55-41)46(53)50(45(38)52)35(31-27-23-19-15-11-7-3)32-28-24-20-16-12-8-4/h34-35H,5-33H2,1-4H3. The minimum absolute atomic E-state index is 0.0722. The van der Waals surface area contributed by atoms with Gasteiger partial charge in [0.05, 0.1) is 34.0 Å². The molecule has 0 fully saturated rings. The number of unbranched alkanes of at least 4 members (excludes halogenated alkanes) is 20. The zero-order valence-electron chi connectivity index (χ0n) is 34.9. The maximum atomic E-state index is 14.6. The summed E-state index contributed by atoms with van der Waals surface area (Å²) in [4.78, 5) is 48.8. The van der Waals surface area contributed by atoms with Crippen LogP contribution >= 0.6 is 54.5 Å². The number of nitrogens with zero attached hydrogens (tertiary/aromatic N) is 2. The van der Waals surface area contributed by atoms with E-state index in [4.69, 9.17) is 0 Å². The van der Waals surface area contributed by atoms with Crippen LogP contribution in [0.15, 0.2) is 7.57 Å². The van der Waals surface area contributed by atoms with Crippen LogP contribution in [0.4, 0.5) is 0 Å². The van der Waals surface area contributed by atoms with Crippen molar-refractivity contribution in [2.24, 2.45) is 0 Å². The Morgan fingerprint density at radius 3 is 1.27 bits per heavy atom. The van der Waals surface area contributed by atoms with Crippen molar-refractivity contribution in [3.8, 4) is 9.75 Å². The molecule has 0 atom stereocenters. The lowest BCUT2D eigenvalue weighted by Crippen LogP contribution is -2.40. The van der Waals surface area contributed by atoms with Gasteiger partial charge in [0, 0.05) is 24.2 Å². The smallest absolute Gasteiger partial charge is 0.263 e. The van der Waals surface area contributed by atoms with Gasteiger partial charge >= 0.3 is 0 Å². The second-order valence-corrected chi connectivity index (χ2v) is 21.1. The van der Waals surface area contributed by atoms with Gasteiger partial charge in [0.1, 0.15) is 0 Å². The molecule has 2 aliphatic rings. The molecule has 4 rings (SSSR count). The molecule has 2 aliphatic heterocycles. The average molecular weight is 925 g/mol. The summed E-state index contributed by atoms with van der Waals surface area (Å²) in [5.74, 6) is -0.151. The molecule has 55 heavy (non-hydrogen) atoms. The molecule has 0 N–H and O–H groups in total. The summed E-state index contributed by atoms with van der Waals surface area (Å²) in [6.07, 6.45) is 33.2. The number of thiophene rings is 2. The predicted octanol–water partition coefficient (Wildman–Crippen LogP) is 16.3. The Bertz CT molecular complexity index is 1450. The lowest BCUT2D eigenvalue weighted by atomic mass is 9.98. The van der Waals surface area contributed by atoms with Crippen molar-refractivity contribution in [1.82, 2.24) is 9.80 Å². The fourth-order valence-electron chi connectivity index (χ4n) is 8.79. The molecule has 0 radical (unpaired) electrons. The number of amides is 3. The zero-order valence-corrected chi connectivity index (χ0v) is 39.7. The van der Waals surface area contributed by atoms with Crippen LogP contribution in [0.25, 0.3) is 9.75 Å². The Balaban J connectivity index is 1.54. The zero-order chi connectivity index (χ0) is 39.6. The Morgan fingerprint density at radius 1 is 0.455 bits per heavy atom.